The van der Waals surface area contributed by atoms with Crippen LogP contribution in [-0.4, -0.2) is 23.5 Å². The number of furan rings is 1. The van der Waals surface area contributed by atoms with Crippen molar-refractivity contribution in [2.24, 2.45) is 0 Å². The number of rotatable bonds is 10. The molecule has 0 aliphatic carbocycles. The molecular weight excluding hydrogens is 420 g/mol. The number of benzene rings is 3. The number of carboxylic acids is 1. The summed E-state index contributed by atoms with van der Waals surface area (Å²) in [4.78, 5) is 10.8. The first kappa shape index (κ1) is 22.6. The lowest BCUT2D eigenvalue weighted by Gasteiger charge is -2.31. The van der Waals surface area contributed by atoms with Crippen LogP contribution in [0.4, 0.5) is 0 Å². The molecule has 0 saturated heterocycles. The summed E-state index contributed by atoms with van der Waals surface area (Å²) in [6, 6.07) is 25.4. The first-order valence-electron chi connectivity index (χ1n) is 10.7. The first-order valence-corrected chi connectivity index (χ1v) is 10.7. The Morgan fingerprint density at radius 3 is 2.18 bits per heavy atom. The summed E-state index contributed by atoms with van der Waals surface area (Å²) < 4.78 is 23.6. The van der Waals surface area contributed by atoms with E-state index in [1.54, 1.807) is 18.4 Å². The van der Waals surface area contributed by atoms with Crippen molar-refractivity contribution in [3.05, 3.63) is 102 Å². The van der Waals surface area contributed by atoms with Gasteiger partial charge in [-0.3, -0.25) is 0 Å². The Labute approximate surface area is 192 Å². The van der Waals surface area contributed by atoms with Crippen molar-refractivity contribution in [2.75, 3.05) is 6.61 Å². The van der Waals surface area contributed by atoms with Crippen molar-refractivity contribution < 1.29 is 28.5 Å². The molecular formula is C27H26O6. The van der Waals surface area contributed by atoms with Crippen LogP contribution in [0.5, 0.6) is 5.75 Å². The van der Waals surface area contributed by atoms with Crippen LogP contribution in [0.15, 0.2) is 89.5 Å². The van der Waals surface area contributed by atoms with Gasteiger partial charge in [-0.1, -0.05) is 72.8 Å². The molecule has 4 aromatic rings. The molecule has 4 rings (SSSR count). The normalized spacial score (nSPS) is 11.7. The predicted octanol–water partition coefficient (Wildman–Crippen LogP) is 5.96. The minimum atomic E-state index is -1.05. The zero-order valence-electron chi connectivity index (χ0n) is 18.6. The number of fused-ring (bicyclic) bond motifs is 1. The smallest absolute Gasteiger partial charge is 0.341 e. The Balaban J connectivity index is 1.51. The van der Waals surface area contributed by atoms with Gasteiger partial charge in [0.05, 0.1) is 12.9 Å². The van der Waals surface area contributed by atoms with Crippen molar-refractivity contribution in [1.82, 2.24) is 0 Å². The third kappa shape index (κ3) is 5.61. The topological polar surface area (TPSA) is 78.1 Å². The number of para-hydroxylation sites is 1. The number of hydrogen-bond acceptors (Lipinski definition) is 5. The molecule has 0 amide bonds. The molecule has 0 bridgehead atoms. The first-order chi connectivity index (χ1) is 15.9. The lowest BCUT2D eigenvalue weighted by Crippen LogP contribution is -2.30. The van der Waals surface area contributed by atoms with Crippen molar-refractivity contribution in [3.63, 3.8) is 0 Å². The van der Waals surface area contributed by atoms with Gasteiger partial charge in [-0.15, -0.1) is 0 Å². The molecule has 6 heteroatoms. The van der Waals surface area contributed by atoms with Crippen LogP contribution in [0.25, 0.3) is 11.0 Å². The van der Waals surface area contributed by atoms with Gasteiger partial charge in [-0.05, 0) is 31.0 Å². The molecule has 6 nitrogen and oxygen atoms in total. The second-order valence-electron chi connectivity index (χ2n) is 8.08. The molecule has 0 radical (unpaired) electrons. The quantitative estimate of drug-likeness (QED) is 0.303. The Bertz CT molecular complexity index is 1160. The van der Waals surface area contributed by atoms with Gasteiger partial charge in [0, 0.05) is 10.9 Å². The SMILES string of the molecule is CC(C)(OCc1coc2c(OCC(=O)O)cccc12)OC(c1ccccc1)c1ccccc1. The van der Waals surface area contributed by atoms with Gasteiger partial charge in [0.25, 0.3) is 0 Å². The van der Waals surface area contributed by atoms with Crippen molar-refractivity contribution in [3.8, 4) is 5.75 Å². The Morgan fingerprint density at radius 2 is 1.58 bits per heavy atom. The van der Waals surface area contributed by atoms with E-state index in [1.807, 2.05) is 80.6 Å². The highest BCUT2D eigenvalue weighted by Crippen LogP contribution is 2.34. The van der Waals surface area contributed by atoms with Gasteiger partial charge in [0.15, 0.2) is 23.7 Å². The second kappa shape index (κ2) is 9.90. The Hall–Kier alpha value is -3.61. The fourth-order valence-electron chi connectivity index (χ4n) is 3.60. The van der Waals surface area contributed by atoms with Crippen molar-refractivity contribution >= 4 is 16.9 Å². The summed E-state index contributed by atoms with van der Waals surface area (Å²) >= 11 is 0. The van der Waals surface area contributed by atoms with Crippen LogP contribution in [0.3, 0.4) is 0 Å². The van der Waals surface area contributed by atoms with Crippen LogP contribution in [0, 0.1) is 0 Å². The van der Waals surface area contributed by atoms with Gasteiger partial charge in [-0.2, -0.15) is 0 Å². The van der Waals surface area contributed by atoms with Crippen molar-refractivity contribution in [1.29, 1.82) is 0 Å². The fraction of sp³-hybridized carbons (Fsp3) is 0.222. The molecule has 0 fully saturated rings. The number of hydrogen-bond donors (Lipinski definition) is 1. The summed E-state index contributed by atoms with van der Waals surface area (Å²) in [5, 5.41) is 9.68. The van der Waals surface area contributed by atoms with E-state index in [-0.39, 0.29) is 12.7 Å². The van der Waals surface area contributed by atoms with Gasteiger partial charge in [0.2, 0.25) is 0 Å². The molecule has 0 aliphatic rings. The lowest BCUT2D eigenvalue weighted by atomic mass is 10.0. The van der Waals surface area contributed by atoms with E-state index in [9.17, 15) is 4.79 Å². The molecule has 3 aromatic carbocycles. The van der Waals surface area contributed by atoms with E-state index in [0.717, 1.165) is 22.1 Å². The summed E-state index contributed by atoms with van der Waals surface area (Å²) in [5.74, 6) is -1.57. The van der Waals surface area contributed by atoms with Crippen molar-refractivity contribution in [2.45, 2.75) is 32.3 Å². The number of carbonyl (C=O) groups is 1. The molecule has 33 heavy (non-hydrogen) atoms. The summed E-state index contributed by atoms with van der Waals surface area (Å²) in [7, 11) is 0. The highest BCUT2D eigenvalue weighted by molar-refractivity contribution is 5.86. The van der Waals surface area contributed by atoms with Crippen LogP contribution in [-0.2, 0) is 20.9 Å². The largest absolute Gasteiger partial charge is 0.479 e. The van der Waals surface area contributed by atoms with Crippen LogP contribution < -0.4 is 4.74 Å². The molecule has 1 aromatic heterocycles. The van der Waals surface area contributed by atoms with Gasteiger partial charge >= 0.3 is 5.97 Å². The summed E-state index contributed by atoms with van der Waals surface area (Å²) in [6.07, 6.45) is 1.31. The lowest BCUT2D eigenvalue weighted by molar-refractivity contribution is -0.237. The maximum atomic E-state index is 10.8. The fourth-order valence-corrected chi connectivity index (χ4v) is 3.60. The Kier molecular flexibility index (Phi) is 6.77. The monoisotopic (exact) mass is 446 g/mol. The molecule has 1 N–H and O–H groups in total. The minimum Gasteiger partial charge on any atom is -0.479 e. The Morgan fingerprint density at radius 1 is 0.939 bits per heavy atom. The zero-order chi connectivity index (χ0) is 23.3. The van der Waals surface area contributed by atoms with Crippen LogP contribution in [0.2, 0.25) is 0 Å². The number of carboxylic acid groups (broad SMARTS) is 1. The molecule has 0 spiro atoms. The highest BCUT2D eigenvalue weighted by atomic mass is 16.7. The molecule has 1 heterocycles. The number of aliphatic carboxylic acids is 1. The van der Waals surface area contributed by atoms with E-state index < -0.39 is 18.4 Å². The van der Waals surface area contributed by atoms with E-state index in [4.69, 9.17) is 23.7 Å². The van der Waals surface area contributed by atoms with E-state index >= 15 is 0 Å². The molecule has 0 unspecified atom stereocenters. The molecule has 0 atom stereocenters. The molecule has 170 valence electrons. The standard InChI is InChI=1S/C27H26O6/c1-27(2,33-25(19-10-5-3-6-11-19)20-12-7-4-8-13-20)32-17-21-16-31-26-22(21)14-9-15-23(26)30-18-24(28)29/h3-16,25H,17-18H2,1-2H3,(H,28,29). The molecule has 0 saturated carbocycles. The van der Waals surface area contributed by atoms with Gasteiger partial charge < -0.3 is 23.7 Å². The summed E-state index contributed by atoms with van der Waals surface area (Å²) in [5.41, 5.74) is 3.38. The zero-order valence-corrected chi connectivity index (χ0v) is 18.6. The maximum absolute atomic E-state index is 10.8. The van der Waals surface area contributed by atoms with Crippen LogP contribution in [0.1, 0.15) is 36.6 Å². The van der Waals surface area contributed by atoms with Crippen LogP contribution >= 0.6 is 0 Å². The second-order valence-corrected chi connectivity index (χ2v) is 8.08. The average Bonchev–Trinajstić information content (AvgIpc) is 3.25. The maximum Gasteiger partial charge on any atom is 0.341 e. The highest BCUT2D eigenvalue weighted by Gasteiger charge is 2.27. The number of ether oxygens (including phenoxy) is 3. The molecule has 0 aliphatic heterocycles. The van der Waals surface area contributed by atoms with E-state index in [0.29, 0.717) is 11.3 Å². The van der Waals surface area contributed by atoms with E-state index in [2.05, 4.69) is 0 Å². The average molecular weight is 446 g/mol. The van der Waals surface area contributed by atoms with E-state index in [1.165, 1.54) is 0 Å². The third-order valence-electron chi connectivity index (χ3n) is 5.18. The third-order valence-corrected chi connectivity index (χ3v) is 5.18. The summed E-state index contributed by atoms with van der Waals surface area (Å²) in [6.45, 7) is 3.58. The van der Waals surface area contributed by atoms with Gasteiger partial charge in [0.1, 0.15) is 6.10 Å². The minimum absolute atomic E-state index is 0.249. The van der Waals surface area contributed by atoms with Gasteiger partial charge in [-0.25, -0.2) is 4.79 Å². The predicted molar refractivity (Wildman–Crippen MR) is 124 cm³/mol.